The summed E-state index contributed by atoms with van der Waals surface area (Å²) >= 11 is 0. The van der Waals surface area contributed by atoms with E-state index in [4.69, 9.17) is 9.47 Å². The zero-order chi connectivity index (χ0) is 16.3. The molecule has 0 radical (unpaired) electrons. The van der Waals surface area contributed by atoms with Crippen molar-refractivity contribution in [2.45, 2.75) is 26.5 Å². The summed E-state index contributed by atoms with van der Waals surface area (Å²) < 4.78 is 24.8. The van der Waals surface area contributed by atoms with Gasteiger partial charge in [-0.15, -0.1) is 0 Å². The van der Waals surface area contributed by atoms with Crippen LogP contribution in [0.25, 0.3) is 0 Å². The van der Waals surface area contributed by atoms with Gasteiger partial charge in [0.25, 0.3) is 0 Å². The number of para-hydroxylation sites is 1. The summed E-state index contributed by atoms with van der Waals surface area (Å²) in [6.45, 7) is 5.69. The Balaban J connectivity index is 1.84. The van der Waals surface area contributed by atoms with Crippen LogP contribution in [-0.4, -0.2) is 19.8 Å². The van der Waals surface area contributed by atoms with Gasteiger partial charge in [-0.2, -0.15) is 0 Å². The molecule has 0 unspecified atom stereocenters. The summed E-state index contributed by atoms with van der Waals surface area (Å²) in [6.07, 6.45) is 1.03. The van der Waals surface area contributed by atoms with Crippen LogP contribution >= 0.6 is 0 Å². The first-order valence-corrected chi connectivity index (χ1v) is 8.14. The predicted octanol–water partition coefficient (Wildman–Crippen LogP) is 2.89. The van der Waals surface area contributed by atoms with Gasteiger partial charge in [0.05, 0.1) is 13.2 Å². The molecule has 0 aliphatic carbocycles. The van der Waals surface area contributed by atoms with Crippen molar-refractivity contribution in [1.82, 2.24) is 0 Å². The van der Waals surface area contributed by atoms with E-state index < -0.39 is 0 Å². The number of rotatable bonds is 10. The molecule has 0 aliphatic rings. The molecule has 0 atom stereocenters. The number of hydrogen-bond acceptors (Lipinski definition) is 2. The maximum absolute atomic E-state index is 13.6. The fourth-order valence-electron chi connectivity index (χ4n) is 2.32. The van der Waals surface area contributed by atoms with Crippen LogP contribution in [-0.2, 0) is 17.9 Å². The smallest absolute Gasteiger partial charge is 0.129 e. The fraction of sp³-hybridized carbons (Fsp3) is 0.368. The maximum Gasteiger partial charge on any atom is 0.129 e. The van der Waals surface area contributed by atoms with Crippen LogP contribution in [0, 0.1) is 5.82 Å². The lowest BCUT2D eigenvalue weighted by atomic mass is 10.2. The summed E-state index contributed by atoms with van der Waals surface area (Å²) in [6, 6.07) is 14.6. The summed E-state index contributed by atoms with van der Waals surface area (Å²) in [5.41, 5.74) is 1.70. The van der Waals surface area contributed by atoms with Gasteiger partial charge in [-0.25, -0.2) is 4.39 Å². The second kappa shape index (κ2) is 9.98. The quantitative estimate of drug-likeness (QED) is 0.684. The van der Waals surface area contributed by atoms with Crippen LogP contribution in [0.2, 0.25) is 0 Å². The second-order valence-electron chi connectivity index (χ2n) is 5.32. The van der Waals surface area contributed by atoms with Crippen LogP contribution < -0.4 is 10.1 Å². The van der Waals surface area contributed by atoms with Crippen molar-refractivity contribution >= 4 is 0 Å². The van der Waals surface area contributed by atoms with Crippen molar-refractivity contribution in [3.8, 4) is 5.75 Å². The Hall–Kier alpha value is -1.91. The zero-order valence-corrected chi connectivity index (χ0v) is 13.6. The Bertz CT molecular complexity index is 589. The molecule has 2 N–H and O–H groups in total. The molecule has 0 fully saturated rings. The van der Waals surface area contributed by atoms with Crippen LogP contribution in [0.5, 0.6) is 5.75 Å². The van der Waals surface area contributed by atoms with Gasteiger partial charge in [0.15, 0.2) is 0 Å². The lowest BCUT2D eigenvalue weighted by molar-refractivity contribution is -0.671. The first-order valence-electron chi connectivity index (χ1n) is 8.14. The minimum atomic E-state index is -0.229. The Morgan fingerprint density at radius 1 is 1.00 bits per heavy atom. The van der Waals surface area contributed by atoms with Crippen molar-refractivity contribution in [3.05, 3.63) is 65.5 Å². The van der Waals surface area contributed by atoms with E-state index in [1.54, 1.807) is 12.1 Å². The Kier molecular flexibility index (Phi) is 7.57. The molecule has 2 aromatic rings. The van der Waals surface area contributed by atoms with Crippen molar-refractivity contribution in [2.75, 3.05) is 19.8 Å². The average molecular weight is 318 g/mol. The molecule has 0 heterocycles. The van der Waals surface area contributed by atoms with E-state index in [0.29, 0.717) is 5.56 Å². The van der Waals surface area contributed by atoms with E-state index in [1.807, 2.05) is 31.2 Å². The molecule has 0 amide bonds. The van der Waals surface area contributed by atoms with Crippen LogP contribution in [0.1, 0.15) is 24.5 Å². The van der Waals surface area contributed by atoms with Gasteiger partial charge in [0.1, 0.15) is 24.7 Å². The number of benzene rings is 2. The standard InChI is InChI=1S/C19H24FNO2/c1-2-22-13-7-12-21-14-16-8-4-6-11-19(16)23-15-17-9-3-5-10-18(17)20/h3-6,8-11,21H,2,7,12-15H2,1H3/p+1. The van der Waals surface area contributed by atoms with Crippen LogP contribution in [0.4, 0.5) is 4.39 Å². The molecule has 0 aliphatic heterocycles. The molecular formula is C19H25FNO2+. The average Bonchev–Trinajstić information content (AvgIpc) is 2.58. The van der Waals surface area contributed by atoms with Gasteiger partial charge >= 0.3 is 0 Å². The minimum Gasteiger partial charge on any atom is -0.488 e. The van der Waals surface area contributed by atoms with Gasteiger partial charge in [-0.1, -0.05) is 30.3 Å². The minimum absolute atomic E-state index is 0.229. The van der Waals surface area contributed by atoms with E-state index in [-0.39, 0.29) is 12.4 Å². The third-order valence-corrected chi connectivity index (χ3v) is 3.58. The molecular weight excluding hydrogens is 293 g/mol. The van der Waals surface area contributed by atoms with E-state index in [9.17, 15) is 4.39 Å². The maximum atomic E-state index is 13.6. The van der Waals surface area contributed by atoms with Crippen molar-refractivity contribution < 1.29 is 19.2 Å². The van der Waals surface area contributed by atoms with Gasteiger partial charge in [-0.3, -0.25) is 0 Å². The topological polar surface area (TPSA) is 35.1 Å². The van der Waals surface area contributed by atoms with Crippen molar-refractivity contribution in [1.29, 1.82) is 0 Å². The first kappa shape index (κ1) is 17.4. The van der Waals surface area contributed by atoms with Gasteiger partial charge in [0, 0.05) is 24.2 Å². The van der Waals surface area contributed by atoms with E-state index in [0.717, 1.165) is 44.0 Å². The highest BCUT2D eigenvalue weighted by Gasteiger charge is 2.07. The fourth-order valence-corrected chi connectivity index (χ4v) is 2.32. The molecule has 0 bridgehead atoms. The Morgan fingerprint density at radius 3 is 2.52 bits per heavy atom. The molecule has 124 valence electrons. The van der Waals surface area contributed by atoms with Crippen molar-refractivity contribution in [2.24, 2.45) is 0 Å². The number of quaternary nitrogens is 1. The van der Waals surface area contributed by atoms with Crippen LogP contribution in [0.15, 0.2) is 48.5 Å². The molecule has 2 rings (SSSR count). The Morgan fingerprint density at radius 2 is 1.74 bits per heavy atom. The molecule has 0 spiro atoms. The molecule has 0 saturated carbocycles. The third kappa shape index (κ3) is 6.00. The highest BCUT2D eigenvalue weighted by atomic mass is 19.1. The second-order valence-corrected chi connectivity index (χ2v) is 5.32. The molecule has 0 saturated heterocycles. The number of halogens is 1. The lowest BCUT2D eigenvalue weighted by Crippen LogP contribution is -2.82. The highest BCUT2D eigenvalue weighted by molar-refractivity contribution is 5.33. The molecule has 3 nitrogen and oxygen atoms in total. The number of ether oxygens (including phenoxy) is 2. The number of hydrogen-bond donors (Lipinski definition) is 1. The first-order chi connectivity index (χ1) is 11.3. The molecule has 0 aromatic heterocycles. The van der Waals surface area contributed by atoms with Crippen molar-refractivity contribution in [3.63, 3.8) is 0 Å². The van der Waals surface area contributed by atoms with Gasteiger partial charge in [-0.05, 0) is 25.1 Å². The monoisotopic (exact) mass is 318 g/mol. The molecule has 23 heavy (non-hydrogen) atoms. The largest absolute Gasteiger partial charge is 0.488 e. The number of nitrogens with two attached hydrogens (primary N) is 1. The lowest BCUT2D eigenvalue weighted by Gasteiger charge is -2.11. The summed E-state index contributed by atoms with van der Waals surface area (Å²) in [7, 11) is 0. The van der Waals surface area contributed by atoms with E-state index >= 15 is 0 Å². The zero-order valence-electron chi connectivity index (χ0n) is 13.6. The molecule has 4 heteroatoms. The molecule has 2 aromatic carbocycles. The highest BCUT2D eigenvalue weighted by Crippen LogP contribution is 2.19. The van der Waals surface area contributed by atoms with E-state index in [2.05, 4.69) is 11.4 Å². The normalized spacial score (nSPS) is 10.7. The van der Waals surface area contributed by atoms with Gasteiger partial charge in [0.2, 0.25) is 0 Å². The van der Waals surface area contributed by atoms with Crippen LogP contribution in [0.3, 0.4) is 0 Å². The Labute approximate surface area is 137 Å². The third-order valence-electron chi connectivity index (χ3n) is 3.58. The SMILES string of the molecule is CCOCCC[NH2+]Cc1ccccc1OCc1ccccc1F. The van der Waals surface area contributed by atoms with Gasteiger partial charge < -0.3 is 14.8 Å². The summed E-state index contributed by atoms with van der Waals surface area (Å²) in [4.78, 5) is 0. The summed E-state index contributed by atoms with van der Waals surface area (Å²) in [5.74, 6) is 0.587. The summed E-state index contributed by atoms with van der Waals surface area (Å²) in [5, 5.41) is 2.24. The predicted molar refractivity (Wildman–Crippen MR) is 88.8 cm³/mol. The van der Waals surface area contributed by atoms with E-state index in [1.165, 1.54) is 6.07 Å².